The number of carbonyl (C=O) groups excluding carboxylic acids is 1. The van der Waals surface area contributed by atoms with E-state index in [1.54, 1.807) is 17.0 Å². The summed E-state index contributed by atoms with van der Waals surface area (Å²) in [7, 11) is 0. The summed E-state index contributed by atoms with van der Waals surface area (Å²) in [4.78, 5) is 14.5. The maximum absolute atomic E-state index is 12.7. The monoisotopic (exact) mass is 361 g/mol. The molecule has 0 spiro atoms. The zero-order valence-electron chi connectivity index (χ0n) is 15.7. The highest BCUT2D eigenvalue weighted by Crippen LogP contribution is 2.29. The summed E-state index contributed by atoms with van der Waals surface area (Å²) in [5, 5.41) is 0. The molecule has 0 saturated heterocycles. The fourth-order valence-electron chi connectivity index (χ4n) is 3.18. The minimum absolute atomic E-state index is 0.0368. The number of halogens is 2. The van der Waals surface area contributed by atoms with Gasteiger partial charge in [-0.1, -0.05) is 50.6 Å². The van der Waals surface area contributed by atoms with Crippen molar-refractivity contribution in [3.63, 3.8) is 0 Å². The first kappa shape index (κ1) is 19.9. The molecule has 0 saturated carbocycles. The van der Waals surface area contributed by atoms with Gasteiger partial charge in [-0.3, -0.25) is 4.79 Å². The van der Waals surface area contributed by atoms with Crippen molar-refractivity contribution in [2.75, 3.05) is 0 Å². The van der Waals surface area contributed by atoms with Crippen LogP contribution in [-0.2, 0) is 19.5 Å². The van der Waals surface area contributed by atoms with Crippen LogP contribution in [0.25, 0.3) is 0 Å². The van der Waals surface area contributed by atoms with Gasteiger partial charge in [0.05, 0.1) is 0 Å². The Kier molecular flexibility index (Phi) is 6.72. The minimum atomic E-state index is -2.83. The van der Waals surface area contributed by atoms with E-state index < -0.39 is 6.61 Å². The largest absolute Gasteiger partial charge is 0.435 e. The molecule has 0 aliphatic carbocycles. The Hall–Kier alpha value is -2.43. The molecule has 0 bridgehead atoms. The maximum atomic E-state index is 12.7. The Morgan fingerprint density at radius 1 is 1.15 bits per heavy atom. The van der Waals surface area contributed by atoms with Gasteiger partial charge in [-0.15, -0.1) is 0 Å². The number of carbonyl (C=O) groups is 1. The second-order valence-corrected chi connectivity index (χ2v) is 6.00. The molecule has 140 valence electrons. The molecule has 0 radical (unpaired) electrons. The van der Waals surface area contributed by atoms with Crippen LogP contribution in [0.2, 0.25) is 0 Å². The van der Waals surface area contributed by atoms with Gasteiger partial charge in [0.2, 0.25) is 0 Å². The third-order valence-corrected chi connectivity index (χ3v) is 4.21. The molecule has 0 unspecified atom stereocenters. The molecule has 5 heteroatoms. The van der Waals surface area contributed by atoms with Crippen molar-refractivity contribution >= 4 is 5.91 Å². The maximum Gasteiger partial charge on any atom is 0.387 e. The fraction of sp³-hybridized carbons (Fsp3) is 0.381. The highest BCUT2D eigenvalue weighted by Gasteiger charge is 2.29. The molecule has 3 nitrogen and oxygen atoms in total. The Morgan fingerprint density at radius 2 is 1.81 bits per heavy atom. The van der Waals surface area contributed by atoms with E-state index in [4.69, 9.17) is 0 Å². The van der Waals surface area contributed by atoms with Crippen molar-refractivity contribution in [2.45, 2.75) is 53.8 Å². The molecule has 1 heterocycles. The number of rotatable bonds is 5. The SMILES string of the molecule is CC.CCc1cc(C)cc2c1C(=O)N(Cc1ccc(OC(F)F)cc1)C2. The summed E-state index contributed by atoms with van der Waals surface area (Å²) in [5.41, 5.74) is 5.01. The highest BCUT2D eigenvalue weighted by atomic mass is 19.3. The van der Waals surface area contributed by atoms with Gasteiger partial charge in [0.25, 0.3) is 5.91 Å². The lowest BCUT2D eigenvalue weighted by Crippen LogP contribution is -2.23. The molecular formula is C21H25F2NO2. The first-order valence-corrected chi connectivity index (χ1v) is 8.93. The van der Waals surface area contributed by atoms with Gasteiger partial charge in [-0.05, 0) is 42.2 Å². The van der Waals surface area contributed by atoms with Crippen molar-refractivity contribution in [1.82, 2.24) is 4.90 Å². The van der Waals surface area contributed by atoms with Gasteiger partial charge in [0.1, 0.15) is 5.75 Å². The van der Waals surface area contributed by atoms with Gasteiger partial charge in [-0.25, -0.2) is 0 Å². The molecule has 0 atom stereocenters. The van der Waals surface area contributed by atoms with E-state index in [9.17, 15) is 13.6 Å². The summed E-state index contributed by atoms with van der Waals surface area (Å²) in [6, 6.07) is 10.5. The van der Waals surface area contributed by atoms with Gasteiger partial charge in [0, 0.05) is 18.7 Å². The summed E-state index contributed by atoms with van der Waals surface area (Å²) >= 11 is 0. The van der Waals surface area contributed by atoms with E-state index >= 15 is 0 Å². The molecule has 0 aromatic heterocycles. The van der Waals surface area contributed by atoms with Crippen LogP contribution in [0.3, 0.4) is 0 Å². The molecule has 1 amide bonds. The predicted molar refractivity (Wildman–Crippen MR) is 98.6 cm³/mol. The van der Waals surface area contributed by atoms with Crippen LogP contribution >= 0.6 is 0 Å². The van der Waals surface area contributed by atoms with E-state index in [-0.39, 0.29) is 11.7 Å². The molecule has 1 aliphatic heterocycles. The van der Waals surface area contributed by atoms with Crippen LogP contribution in [0.4, 0.5) is 8.78 Å². The number of hydrogen-bond acceptors (Lipinski definition) is 2. The number of hydrogen-bond donors (Lipinski definition) is 0. The minimum Gasteiger partial charge on any atom is -0.435 e. The number of benzene rings is 2. The first-order chi connectivity index (χ1) is 12.5. The molecule has 0 fully saturated rings. The van der Waals surface area contributed by atoms with Crippen LogP contribution in [0.1, 0.15) is 53.4 Å². The Morgan fingerprint density at radius 3 is 2.38 bits per heavy atom. The summed E-state index contributed by atoms with van der Waals surface area (Å²) < 4.78 is 28.7. The number of ether oxygens (including phenoxy) is 1. The highest BCUT2D eigenvalue weighted by molar-refractivity contribution is 5.99. The van der Waals surface area contributed by atoms with Crippen molar-refractivity contribution in [1.29, 1.82) is 0 Å². The zero-order chi connectivity index (χ0) is 19.3. The Bertz CT molecular complexity index is 757. The molecule has 2 aromatic rings. The van der Waals surface area contributed by atoms with Gasteiger partial charge >= 0.3 is 6.61 Å². The molecule has 1 aliphatic rings. The zero-order valence-corrected chi connectivity index (χ0v) is 15.7. The molecule has 0 N–H and O–H groups in total. The lowest BCUT2D eigenvalue weighted by molar-refractivity contribution is -0.0498. The van der Waals surface area contributed by atoms with Gasteiger partial charge in [0.15, 0.2) is 0 Å². The average molecular weight is 361 g/mol. The van der Waals surface area contributed by atoms with Crippen LogP contribution in [0.15, 0.2) is 36.4 Å². The third kappa shape index (κ3) is 4.40. The lowest BCUT2D eigenvalue weighted by Gasteiger charge is -2.16. The van der Waals surface area contributed by atoms with E-state index in [0.717, 1.165) is 34.2 Å². The van der Waals surface area contributed by atoms with E-state index in [1.807, 2.05) is 27.7 Å². The number of aryl methyl sites for hydroxylation is 2. The van der Waals surface area contributed by atoms with Crippen molar-refractivity contribution in [2.24, 2.45) is 0 Å². The fourth-order valence-corrected chi connectivity index (χ4v) is 3.18. The number of fused-ring (bicyclic) bond motifs is 1. The molecule has 3 rings (SSSR count). The van der Waals surface area contributed by atoms with E-state index in [2.05, 4.69) is 16.9 Å². The Labute approximate surface area is 153 Å². The van der Waals surface area contributed by atoms with Crippen LogP contribution in [0.5, 0.6) is 5.75 Å². The second-order valence-electron chi connectivity index (χ2n) is 6.00. The number of nitrogens with zero attached hydrogens (tertiary/aromatic N) is 1. The first-order valence-electron chi connectivity index (χ1n) is 8.93. The average Bonchev–Trinajstić information content (AvgIpc) is 2.92. The van der Waals surface area contributed by atoms with Crippen LogP contribution < -0.4 is 4.74 Å². The van der Waals surface area contributed by atoms with E-state index in [0.29, 0.717) is 13.1 Å². The topological polar surface area (TPSA) is 29.5 Å². The summed E-state index contributed by atoms with van der Waals surface area (Å²) in [6.45, 7) is 6.28. The van der Waals surface area contributed by atoms with Crippen LogP contribution in [0, 0.1) is 6.92 Å². The van der Waals surface area contributed by atoms with Crippen LogP contribution in [-0.4, -0.2) is 17.4 Å². The summed E-state index contributed by atoms with van der Waals surface area (Å²) in [6.07, 6.45) is 0.823. The standard InChI is InChI=1S/C19H19F2NO2.C2H6/c1-3-14-8-12(2)9-15-11-22(18(23)17(14)15)10-13-4-6-16(7-5-13)24-19(20)21;1-2/h4-9,19H,3,10-11H2,1-2H3;1-2H3. The molecule has 26 heavy (non-hydrogen) atoms. The third-order valence-electron chi connectivity index (χ3n) is 4.21. The number of alkyl halides is 2. The molecular weight excluding hydrogens is 336 g/mol. The predicted octanol–water partition coefficient (Wildman–Crippen LogP) is 5.34. The van der Waals surface area contributed by atoms with Crippen molar-refractivity contribution in [3.05, 3.63) is 64.2 Å². The van der Waals surface area contributed by atoms with Crippen molar-refractivity contribution < 1.29 is 18.3 Å². The second kappa shape index (κ2) is 8.79. The lowest BCUT2D eigenvalue weighted by atomic mass is 9.98. The van der Waals surface area contributed by atoms with Crippen molar-refractivity contribution in [3.8, 4) is 5.75 Å². The summed E-state index contributed by atoms with van der Waals surface area (Å²) in [5.74, 6) is 0.156. The normalized spacial score (nSPS) is 12.7. The quantitative estimate of drug-likeness (QED) is 0.719. The Balaban J connectivity index is 0.00000117. The van der Waals surface area contributed by atoms with E-state index in [1.165, 1.54) is 12.1 Å². The van der Waals surface area contributed by atoms with Gasteiger partial charge in [-0.2, -0.15) is 8.78 Å². The molecule has 2 aromatic carbocycles. The number of amides is 1. The smallest absolute Gasteiger partial charge is 0.387 e. The van der Waals surface area contributed by atoms with Gasteiger partial charge < -0.3 is 9.64 Å².